The molecule has 19 heavy (non-hydrogen) atoms. The molecule has 1 unspecified atom stereocenters. The molecule has 0 aliphatic carbocycles. The fraction of sp³-hybridized carbons (Fsp3) is 0.538. The molecule has 1 aromatic carbocycles. The molecule has 1 aliphatic rings. The number of nitrogens with zero attached hydrogens (tertiary/aromatic N) is 1. The van der Waals surface area contributed by atoms with Crippen molar-refractivity contribution in [3.8, 4) is 0 Å². The van der Waals surface area contributed by atoms with E-state index in [2.05, 4.69) is 5.32 Å². The minimum Gasteiger partial charge on any atom is -0.370 e. The Morgan fingerprint density at radius 1 is 1.37 bits per heavy atom. The summed E-state index contributed by atoms with van der Waals surface area (Å²) in [6.07, 6.45) is -3.50. The van der Waals surface area contributed by atoms with Gasteiger partial charge in [-0.15, -0.1) is 0 Å². The highest BCUT2D eigenvalue weighted by atomic mass is 35.5. The summed E-state index contributed by atoms with van der Waals surface area (Å²) in [6, 6.07) is 4.37. The van der Waals surface area contributed by atoms with E-state index in [1.54, 1.807) is 6.07 Å². The molecule has 0 bridgehead atoms. The monoisotopic (exact) mass is 292 g/mol. The van der Waals surface area contributed by atoms with Crippen molar-refractivity contribution in [1.82, 2.24) is 5.32 Å². The Hall–Kier alpha value is -0.940. The van der Waals surface area contributed by atoms with Gasteiger partial charge in [0.1, 0.15) is 0 Å². The van der Waals surface area contributed by atoms with Crippen molar-refractivity contribution in [2.75, 3.05) is 24.5 Å². The van der Waals surface area contributed by atoms with Crippen molar-refractivity contribution in [2.24, 2.45) is 0 Å². The fourth-order valence-corrected chi connectivity index (χ4v) is 2.49. The van der Waals surface area contributed by atoms with Crippen molar-refractivity contribution >= 4 is 17.3 Å². The number of hydrogen-bond donors (Lipinski definition) is 1. The van der Waals surface area contributed by atoms with Crippen LogP contribution in [0.1, 0.15) is 18.9 Å². The molecule has 0 radical (unpaired) electrons. The third-order valence-electron chi connectivity index (χ3n) is 3.21. The van der Waals surface area contributed by atoms with Crippen LogP contribution in [0.5, 0.6) is 0 Å². The first-order valence-corrected chi connectivity index (χ1v) is 6.61. The van der Waals surface area contributed by atoms with Gasteiger partial charge in [0.25, 0.3) is 0 Å². The smallest absolute Gasteiger partial charge is 0.370 e. The highest BCUT2D eigenvalue weighted by Crippen LogP contribution is 2.37. The molecule has 2 nitrogen and oxygen atoms in total. The van der Waals surface area contributed by atoms with Gasteiger partial charge < -0.3 is 10.2 Å². The molecule has 106 valence electrons. The minimum atomic E-state index is -4.41. The summed E-state index contributed by atoms with van der Waals surface area (Å²) >= 11 is 5.63. The number of anilines is 1. The van der Waals surface area contributed by atoms with E-state index in [-0.39, 0.29) is 11.1 Å². The standard InChI is InChI=1S/C13H16ClF3N2/c1-9-8-19(6-2-5-18-9)10-3-4-12(14)11(7-10)13(15,16)17/h3-4,7,9,18H,2,5-6,8H2,1H3. The number of halogens is 4. The van der Waals surface area contributed by atoms with Gasteiger partial charge in [-0.1, -0.05) is 11.6 Å². The van der Waals surface area contributed by atoms with Crippen LogP contribution >= 0.6 is 11.6 Å². The van der Waals surface area contributed by atoms with Crippen LogP contribution in [-0.2, 0) is 6.18 Å². The zero-order chi connectivity index (χ0) is 14.0. The van der Waals surface area contributed by atoms with Crippen molar-refractivity contribution in [2.45, 2.75) is 25.6 Å². The van der Waals surface area contributed by atoms with E-state index in [1.165, 1.54) is 6.07 Å². The lowest BCUT2D eigenvalue weighted by Gasteiger charge is -2.25. The Bertz CT molecular complexity index is 448. The lowest BCUT2D eigenvalue weighted by Crippen LogP contribution is -2.35. The Morgan fingerprint density at radius 3 is 2.79 bits per heavy atom. The van der Waals surface area contributed by atoms with Crippen LogP contribution in [0.4, 0.5) is 18.9 Å². The van der Waals surface area contributed by atoms with Crippen LogP contribution in [0.15, 0.2) is 18.2 Å². The van der Waals surface area contributed by atoms with E-state index in [0.29, 0.717) is 12.2 Å². The SMILES string of the molecule is CC1CN(c2ccc(Cl)c(C(F)(F)F)c2)CCCN1. The molecule has 1 heterocycles. The Kier molecular flexibility index (Phi) is 4.26. The average molecular weight is 293 g/mol. The predicted molar refractivity (Wildman–Crippen MR) is 70.7 cm³/mol. The van der Waals surface area contributed by atoms with Crippen LogP contribution in [0.3, 0.4) is 0 Å². The number of rotatable bonds is 1. The second-order valence-corrected chi connectivity index (χ2v) is 5.22. The number of alkyl halides is 3. The molecule has 0 aromatic heterocycles. The van der Waals surface area contributed by atoms with Crippen LogP contribution in [-0.4, -0.2) is 25.7 Å². The number of benzene rings is 1. The fourth-order valence-electron chi connectivity index (χ4n) is 2.27. The molecule has 2 rings (SSSR count). The largest absolute Gasteiger partial charge is 0.417 e. The minimum absolute atomic E-state index is 0.253. The Morgan fingerprint density at radius 2 is 2.11 bits per heavy atom. The second kappa shape index (κ2) is 5.59. The maximum atomic E-state index is 12.8. The maximum Gasteiger partial charge on any atom is 0.417 e. The van der Waals surface area contributed by atoms with Gasteiger partial charge in [-0.25, -0.2) is 0 Å². The summed E-state index contributed by atoms with van der Waals surface area (Å²) in [5, 5.41) is 3.06. The predicted octanol–water partition coefficient (Wildman–Crippen LogP) is 3.55. The van der Waals surface area contributed by atoms with Crippen molar-refractivity contribution in [3.63, 3.8) is 0 Å². The molecule has 0 amide bonds. The quantitative estimate of drug-likeness (QED) is 0.851. The summed E-state index contributed by atoms with van der Waals surface area (Å²) in [4.78, 5) is 1.97. The van der Waals surface area contributed by atoms with Crippen LogP contribution in [0.25, 0.3) is 0 Å². The molecule has 1 aliphatic heterocycles. The first-order valence-electron chi connectivity index (χ1n) is 6.23. The second-order valence-electron chi connectivity index (χ2n) is 4.82. The zero-order valence-corrected chi connectivity index (χ0v) is 11.4. The first kappa shape index (κ1) is 14.5. The topological polar surface area (TPSA) is 15.3 Å². The maximum absolute atomic E-state index is 12.8. The van der Waals surface area contributed by atoms with Gasteiger partial charge in [-0.2, -0.15) is 13.2 Å². The molecule has 1 aromatic rings. The Labute approximate surface area is 115 Å². The summed E-state index contributed by atoms with van der Waals surface area (Å²) in [6.45, 7) is 4.35. The highest BCUT2D eigenvalue weighted by Gasteiger charge is 2.33. The Balaban J connectivity index is 2.29. The van der Waals surface area contributed by atoms with Gasteiger partial charge in [0.15, 0.2) is 0 Å². The first-order chi connectivity index (χ1) is 8.88. The molecular formula is C13H16ClF3N2. The summed E-state index contributed by atoms with van der Waals surface area (Å²) < 4.78 is 38.5. The van der Waals surface area contributed by atoms with Gasteiger partial charge in [0, 0.05) is 24.8 Å². The van der Waals surface area contributed by atoms with Crippen molar-refractivity contribution in [1.29, 1.82) is 0 Å². The molecule has 1 atom stereocenters. The van der Waals surface area contributed by atoms with Crippen molar-refractivity contribution < 1.29 is 13.2 Å². The number of hydrogen-bond acceptors (Lipinski definition) is 2. The molecule has 1 N–H and O–H groups in total. The molecule has 0 saturated carbocycles. The lowest BCUT2D eigenvalue weighted by molar-refractivity contribution is -0.137. The highest BCUT2D eigenvalue weighted by molar-refractivity contribution is 6.31. The van der Waals surface area contributed by atoms with Gasteiger partial charge in [0.2, 0.25) is 0 Å². The molecule has 1 fully saturated rings. The normalized spacial score (nSPS) is 21.3. The summed E-state index contributed by atoms with van der Waals surface area (Å²) in [5.74, 6) is 0. The van der Waals surface area contributed by atoms with E-state index in [9.17, 15) is 13.2 Å². The van der Waals surface area contributed by atoms with E-state index < -0.39 is 11.7 Å². The average Bonchev–Trinajstić information content (AvgIpc) is 2.53. The van der Waals surface area contributed by atoms with E-state index in [4.69, 9.17) is 11.6 Å². The molecule has 6 heteroatoms. The van der Waals surface area contributed by atoms with E-state index in [0.717, 1.165) is 25.6 Å². The van der Waals surface area contributed by atoms with Crippen LogP contribution in [0, 0.1) is 0 Å². The summed E-state index contributed by atoms with van der Waals surface area (Å²) in [5.41, 5.74) is -0.191. The zero-order valence-electron chi connectivity index (χ0n) is 10.6. The van der Waals surface area contributed by atoms with Gasteiger partial charge in [-0.05, 0) is 38.1 Å². The summed E-state index contributed by atoms with van der Waals surface area (Å²) in [7, 11) is 0. The third-order valence-corrected chi connectivity index (χ3v) is 3.54. The van der Waals surface area contributed by atoms with E-state index >= 15 is 0 Å². The third kappa shape index (κ3) is 3.54. The lowest BCUT2D eigenvalue weighted by atomic mass is 10.1. The van der Waals surface area contributed by atoms with Crippen LogP contribution in [0.2, 0.25) is 5.02 Å². The van der Waals surface area contributed by atoms with Gasteiger partial charge >= 0.3 is 6.18 Å². The van der Waals surface area contributed by atoms with Crippen molar-refractivity contribution in [3.05, 3.63) is 28.8 Å². The van der Waals surface area contributed by atoms with Gasteiger partial charge in [0.05, 0.1) is 10.6 Å². The molecular weight excluding hydrogens is 277 g/mol. The van der Waals surface area contributed by atoms with E-state index in [1.807, 2.05) is 11.8 Å². The molecule has 0 spiro atoms. The van der Waals surface area contributed by atoms with Crippen LogP contribution < -0.4 is 10.2 Å². The van der Waals surface area contributed by atoms with Gasteiger partial charge in [-0.3, -0.25) is 0 Å². The number of nitrogens with one attached hydrogen (secondary N) is 1. The molecule has 1 saturated heterocycles.